The van der Waals surface area contributed by atoms with Crippen molar-refractivity contribution in [3.8, 4) is 0 Å². The van der Waals surface area contributed by atoms with Gasteiger partial charge in [-0.15, -0.1) is 0 Å². The number of hydrogen-bond donors (Lipinski definition) is 1. The topological polar surface area (TPSA) is 66.1 Å². The Morgan fingerprint density at radius 2 is 1.65 bits per heavy atom. The van der Waals surface area contributed by atoms with Gasteiger partial charge in [-0.05, 0) is 19.8 Å². The first-order valence-corrected chi connectivity index (χ1v) is 8.98. The molecule has 1 aromatic heterocycles. The number of unbranched alkanes of at least 4 members (excludes halogenated alkanes) is 4. The lowest BCUT2D eigenvalue weighted by Gasteiger charge is -2.21. The molecule has 0 bridgehead atoms. The average molecular weight is 301 g/mol. The van der Waals surface area contributed by atoms with Crippen LogP contribution < -0.4 is 0 Å². The molecule has 5 nitrogen and oxygen atoms in total. The fourth-order valence-electron chi connectivity index (χ4n) is 2.10. The van der Waals surface area contributed by atoms with Crippen LogP contribution in [0.5, 0.6) is 0 Å². The molecule has 0 aromatic carbocycles. The molecule has 0 saturated carbocycles. The van der Waals surface area contributed by atoms with E-state index in [9.17, 15) is 8.42 Å². The van der Waals surface area contributed by atoms with Crippen LogP contribution in [0.2, 0.25) is 0 Å². The van der Waals surface area contributed by atoms with Crippen molar-refractivity contribution in [1.29, 1.82) is 0 Å². The van der Waals surface area contributed by atoms with Crippen LogP contribution in [0.15, 0.2) is 11.2 Å². The molecule has 1 rings (SSSR count). The number of aryl methyl sites for hydroxylation is 1. The predicted molar refractivity (Wildman–Crippen MR) is 81.1 cm³/mol. The number of imidazole rings is 1. The summed E-state index contributed by atoms with van der Waals surface area (Å²) < 4.78 is 26.8. The summed E-state index contributed by atoms with van der Waals surface area (Å²) >= 11 is 0. The summed E-state index contributed by atoms with van der Waals surface area (Å²) in [6.45, 7) is 7.19. The van der Waals surface area contributed by atoms with Gasteiger partial charge >= 0.3 is 0 Å². The van der Waals surface area contributed by atoms with Gasteiger partial charge in [-0.2, -0.15) is 4.31 Å². The molecule has 0 amide bonds. The molecule has 1 aromatic rings. The zero-order valence-corrected chi connectivity index (χ0v) is 13.7. The van der Waals surface area contributed by atoms with E-state index < -0.39 is 10.0 Å². The van der Waals surface area contributed by atoms with Crippen LogP contribution in [0.1, 0.15) is 58.2 Å². The number of nitrogens with zero attached hydrogens (tertiary/aromatic N) is 2. The highest BCUT2D eigenvalue weighted by Gasteiger charge is 2.25. The van der Waals surface area contributed by atoms with Crippen LogP contribution >= 0.6 is 0 Å². The van der Waals surface area contributed by atoms with Crippen molar-refractivity contribution in [3.05, 3.63) is 12.0 Å². The predicted octanol–water partition coefficient (Wildman–Crippen LogP) is 3.09. The normalized spacial score (nSPS) is 12.2. The van der Waals surface area contributed by atoms with E-state index in [1.54, 1.807) is 11.2 Å². The maximum absolute atomic E-state index is 12.6. The second kappa shape index (κ2) is 8.42. The van der Waals surface area contributed by atoms with Gasteiger partial charge in [0.1, 0.15) is 5.82 Å². The quantitative estimate of drug-likeness (QED) is 0.675. The molecule has 0 spiro atoms. The molecule has 1 N–H and O–H groups in total. The van der Waals surface area contributed by atoms with Crippen molar-refractivity contribution >= 4 is 10.0 Å². The standard InChI is InChI=1S/C14H27N3O2S/c1-4-6-8-10-17(11-9-7-5-2)20(18,19)14-12-15-13(3)16-14/h12H,4-11H2,1-3H3,(H,15,16). The van der Waals surface area contributed by atoms with Gasteiger partial charge < -0.3 is 4.98 Å². The Hall–Kier alpha value is -0.880. The summed E-state index contributed by atoms with van der Waals surface area (Å²) in [6.07, 6.45) is 7.53. The summed E-state index contributed by atoms with van der Waals surface area (Å²) in [5.41, 5.74) is 0. The number of H-pyrrole nitrogens is 1. The highest BCUT2D eigenvalue weighted by molar-refractivity contribution is 7.89. The molecule has 0 aliphatic rings. The van der Waals surface area contributed by atoms with Crippen LogP contribution in [0.3, 0.4) is 0 Å². The Morgan fingerprint density at radius 3 is 2.05 bits per heavy atom. The SMILES string of the molecule is CCCCCN(CCCCC)S(=O)(=O)c1cnc(C)[nH]1. The number of hydrogen-bond acceptors (Lipinski definition) is 3. The summed E-state index contributed by atoms with van der Waals surface area (Å²) in [5, 5.41) is 0.211. The van der Waals surface area contributed by atoms with Crippen molar-refractivity contribution in [2.75, 3.05) is 13.1 Å². The van der Waals surface area contributed by atoms with Crippen LogP contribution in [0, 0.1) is 6.92 Å². The first-order valence-electron chi connectivity index (χ1n) is 7.54. The third kappa shape index (κ3) is 4.90. The minimum absolute atomic E-state index is 0.211. The molecule has 0 saturated heterocycles. The molecule has 0 unspecified atom stereocenters. The average Bonchev–Trinajstić information content (AvgIpc) is 2.84. The Labute approximate surface area is 122 Å². The first-order chi connectivity index (χ1) is 9.52. The van der Waals surface area contributed by atoms with E-state index in [2.05, 4.69) is 23.8 Å². The minimum atomic E-state index is -3.43. The van der Waals surface area contributed by atoms with E-state index in [-0.39, 0.29) is 5.03 Å². The van der Waals surface area contributed by atoms with Crippen LogP contribution in [0.4, 0.5) is 0 Å². The lowest BCUT2D eigenvalue weighted by molar-refractivity contribution is 0.387. The van der Waals surface area contributed by atoms with E-state index in [0.29, 0.717) is 18.9 Å². The van der Waals surface area contributed by atoms with Gasteiger partial charge in [0.2, 0.25) is 0 Å². The summed E-state index contributed by atoms with van der Waals surface area (Å²) in [4.78, 5) is 6.83. The molecule has 20 heavy (non-hydrogen) atoms. The van der Waals surface area contributed by atoms with Gasteiger partial charge in [0.15, 0.2) is 5.03 Å². The molecule has 0 fully saturated rings. The molecule has 0 atom stereocenters. The van der Waals surface area contributed by atoms with Crippen molar-refractivity contribution in [1.82, 2.24) is 14.3 Å². The van der Waals surface area contributed by atoms with Gasteiger partial charge in [-0.1, -0.05) is 39.5 Å². The third-order valence-electron chi connectivity index (χ3n) is 3.32. The summed E-state index contributed by atoms with van der Waals surface area (Å²) in [6, 6.07) is 0. The lowest BCUT2D eigenvalue weighted by atomic mass is 10.2. The van der Waals surface area contributed by atoms with E-state index in [1.807, 2.05) is 0 Å². The number of nitrogens with one attached hydrogen (secondary N) is 1. The Kier molecular flexibility index (Phi) is 7.23. The van der Waals surface area contributed by atoms with Gasteiger partial charge in [0.25, 0.3) is 10.0 Å². The number of rotatable bonds is 10. The largest absolute Gasteiger partial charge is 0.332 e. The van der Waals surface area contributed by atoms with Gasteiger partial charge in [0, 0.05) is 13.1 Å². The van der Waals surface area contributed by atoms with E-state index >= 15 is 0 Å². The zero-order valence-electron chi connectivity index (χ0n) is 12.9. The van der Waals surface area contributed by atoms with Crippen molar-refractivity contribution in [2.24, 2.45) is 0 Å². The number of aromatic nitrogens is 2. The van der Waals surface area contributed by atoms with Crippen LogP contribution in [-0.4, -0.2) is 35.8 Å². The molecule has 0 aliphatic carbocycles. The molecule has 116 valence electrons. The van der Waals surface area contributed by atoms with Crippen molar-refractivity contribution in [3.63, 3.8) is 0 Å². The third-order valence-corrected chi connectivity index (χ3v) is 5.13. The second-order valence-corrected chi connectivity index (χ2v) is 7.06. The first kappa shape index (κ1) is 17.2. The van der Waals surface area contributed by atoms with Crippen LogP contribution in [0.25, 0.3) is 0 Å². The fraction of sp³-hybridized carbons (Fsp3) is 0.786. The van der Waals surface area contributed by atoms with Crippen molar-refractivity contribution in [2.45, 2.75) is 64.3 Å². The summed E-state index contributed by atoms with van der Waals surface area (Å²) in [5.74, 6) is 0.630. The second-order valence-electron chi connectivity index (χ2n) is 5.15. The van der Waals surface area contributed by atoms with E-state index in [1.165, 1.54) is 6.20 Å². The Balaban J connectivity index is 2.78. The molecular weight excluding hydrogens is 274 g/mol. The molecule has 6 heteroatoms. The zero-order chi connectivity index (χ0) is 15.0. The smallest absolute Gasteiger partial charge is 0.260 e. The Bertz CT molecular complexity index is 472. The van der Waals surface area contributed by atoms with Crippen molar-refractivity contribution < 1.29 is 8.42 Å². The lowest BCUT2D eigenvalue weighted by Crippen LogP contribution is -2.33. The monoisotopic (exact) mass is 301 g/mol. The van der Waals surface area contributed by atoms with Crippen LogP contribution in [-0.2, 0) is 10.0 Å². The number of sulfonamides is 1. The summed E-state index contributed by atoms with van der Waals surface area (Å²) in [7, 11) is -3.43. The molecular formula is C14H27N3O2S. The molecule has 1 heterocycles. The van der Waals surface area contributed by atoms with Gasteiger partial charge in [-0.25, -0.2) is 13.4 Å². The highest BCUT2D eigenvalue weighted by Crippen LogP contribution is 2.16. The van der Waals surface area contributed by atoms with Gasteiger partial charge in [-0.3, -0.25) is 0 Å². The maximum atomic E-state index is 12.6. The van der Waals surface area contributed by atoms with Gasteiger partial charge in [0.05, 0.1) is 6.20 Å². The number of aromatic amines is 1. The highest BCUT2D eigenvalue weighted by atomic mass is 32.2. The molecule has 0 radical (unpaired) electrons. The molecule has 0 aliphatic heterocycles. The minimum Gasteiger partial charge on any atom is -0.332 e. The Morgan fingerprint density at radius 1 is 1.10 bits per heavy atom. The van der Waals surface area contributed by atoms with E-state index in [0.717, 1.165) is 38.5 Å². The van der Waals surface area contributed by atoms with E-state index in [4.69, 9.17) is 0 Å². The maximum Gasteiger partial charge on any atom is 0.260 e. The fourth-order valence-corrected chi connectivity index (χ4v) is 3.58.